The number of hydrogen-bond acceptors (Lipinski definition) is 8. The Morgan fingerprint density at radius 2 is 1.65 bits per heavy atom. The molecule has 0 aliphatic rings. The van der Waals surface area contributed by atoms with Gasteiger partial charge in [0.05, 0.1) is 5.56 Å². The number of methoxy groups -OCH3 is 1. The Labute approximate surface area is 213 Å². The number of aliphatic carboxylic acids is 1. The average molecular weight is 504 g/mol. The van der Waals surface area contributed by atoms with Crippen LogP contribution in [0.2, 0.25) is 0 Å². The number of nitrogens with zero attached hydrogens (tertiary/aromatic N) is 1. The highest BCUT2D eigenvalue weighted by Gasteiger charge is 2.18. The summed E-state index contributed by atoms with van der Waals surface area (Å²) < 4.78 is 27.2. The summed E-state index contributed by atoms with van der Waals surface area (Å²) in [5, 5.41) is 8.99. The Morgan fingerprint density at radius 3 is 2.35 bits per heavy atom. The minimum atomic E-state index is -1.17. The number of carbonyl (C=O) groups excluding carboxylic acids is 1. The van der Waals surface area contributed by atoms with Crippen molar-refractivity contribution in [1.82, 2.24) is 4.98 Å². The lowest BCUT2D eigenvalue weighted by Crippen LogP contribution is -2.13. The van der Waals surface area contributed by atoms with Gasteiger partial charge in [-0.1, -0.05) is 18.2 Å². The van der Waals surface area contributed by atoms with Crippen molar-refractivity contribution in [1.29, 1.82) is 0 Å². The van der Waals surface area contributed by atoms with Gasteiger partial charge in [-0.25, -0.2) is 9.78 Å². The predicted octanol–water partition coefficient (Wildman–Crippen LogP) is 4.91. The molecule has 0 radical (unpaired) electrons. The Morgan fingerprint density at radius 1 is 0.919 bits per heavy atom. The fourth-order valence-electron chi connectivity index (χ4n) is 3.44. The van der Waals surface area contributed by atoms with E-state index in [9.17, 15) is 9.59 Å². The van der Waals surface area contributed by atoms with Gasteiger partial charge >= 0.3 is 5.97 Å². The van der Waals surface area contributed by atoms with Crippen molar-refractivity contribution < 1.29 is 38.1 Å². The maximum Gasteiger partial charge on any atom is 0.341 e. The number of rotatable bonds is 12. The Hall–Kier alpha value is -4.63. The fourth-order valence-corrected chi connectivity index (χ4v) is 3.44. The monoisotopic (exact) mass is 503 g/mol. The number of carboxylic acids is 1. The van der Waals surface area contributed by atoms with Gasteiger partial charge in [-0.15, -0.1) is 0 Å². The molecule has 0 saturated heterocycles. The minimum absolute atomic E-state index is 0.00540. The number of aromatic nitrogens is 1. The van der Waals surface area contributed by atoms with Crippen LogP contribution in [0.25, 0.3) is 11.5 Å². The number of aryl methyl sites for hydroxylation is 1. The molecule has 190 valence electrons. The van der Waals surface area contributed by atoms with E-state index in [2.05, 4.69) is 4.98 Å². The zero-order chi connectivity index (χ0) is 26.2. The van der Waals surface area contributed by atoms with Crippen LogP contribution in [0.15, 0.2) is 77.2 Å². The first-order valence-electron chi connectivity index (χ1n) is 11.3. The molecule has 9 heteroatoms. The normalized spacial score (nSPS) is 10.6. The lowest BCUT2D eigenvalue weighted by atomic mass is 10.0. The molecule has 37 heavy (non-hydrogen) atoms. The second-order valence-electron chi connectivity index (χ2n) is 7.92. The molecule has 0 bridgehead atoms. The summed E-state index contributed by atoms with van der Waals surface area (Å²) in [6, 6.07) is 20.8. The molecule has 1 heterocycles. The molecule has 0 amide bonds. The molecule has 0 saturated carbocycles. The van der Waals surface area contributed by atoms with Crippen LogP contribution in [0, 0.1) is 6.92 Å². The van der Waals surface area contributed by atoms with Crippen LogP contribution in [0.4, 0.5) is 0 Å². The molecule has 1 aromatic heterocycles. The molecule has 0 atom stereocenters. The number of carbonyl (C=O) groups is 2. The van der Waals surface area contributed by atoms with Crippen molar-refractivity contribution in [3.8, 4) is 28.7 Å². The van der Waals surface area contributed by atoms with Crippen LogP contribution in [0.5, 0.6) is 17.2 Å². The highest BCUT2D eigenvalue weighted by atomic mass is 16.7. The van der Waals surface area contributed by atoms with Crippen molar-refractivity contribution in [2.45, 2.75) is 13.5 Å². The van der Waals surface area contributed by atoms with Gasteiger partial charge < -0.3 is 28.5 Å². The van der Waals surface area contributed by atoms with E-state index in [1.165, 1.54) is 19.2 Å². The summed E-state index contributed by atoms with van der Waals surface area (Å²) in [6.07, 6.45) is 0. The first kappa shape index (κ1) is 25.5. The van der Waals surface area contributed by atoms with Crippen molar-refractivity contribution in [3.05, 3.63) is 95.4 Å². The molecule has 4 aromatic rings. The number of oxazole rings is 1. The Bertz CT molecular complexity index is 1360. The van der Waals surface area contributed by atoms with Gasteiger partial charge in [0.1, 0.15) is 35.3 Å². The Kier molecular flexibility index (Phi) is 8.17. The summed E-state index contributed by atoms with van der Waals surface area (Å²) in [5.74, 6) is 0.699. The van der Waals surface area contributed by atoms with E-state index in [0.717, 1.165) is 5.56 Å². The average Bonchev–Trinajstić information content (AvgIpc) is 3.30. The van der Waals surface area contributed by atoms with Crippen LogP contribution in [0.3, 0.4) is 0 Å². The van der Waals surface area contributed by atoms with Gasteiger partial charge in [0, 0.05) is 24.3 Å². The van der Waals surface area contributed by atoms with Gasteiger partial charge in [0.25, 0.3) is 0 Å². The second-order valence-corrected chi connectivity index (χ2v) is 7.92. The van der Waals surface area contributed by atoms with Crippen molar-refractivity contribution in [2.75, 3.05) is 20.5 Å². The highest BCUT2D eigenvalue weighted by Crippen LogP contribution is 2.28. The van der Waals surface area contributed by atoms with Crippen LogP contribution >= 0.6 is 0 Å². The lowest BCUT2D eigenvalue weighted by Gasteiger charge is -2.12. The molecule has 9 nitrogen and oxygen atoms in total. The van der Waals surface area contributed by atoms with Gasteiger partial charge in [-0.05, 0) is 55.5 Å². The first-order chi connectivity index (χ1) is 17.9. The van der Waals surface area contributed by atoms with Crippen molar-refractivity contribution in [2.24, 2.45) is 0 Å². The topological polar surface area (TPSA) is 117 Å². The van der Waals surface area contributed by atoms with Crippen molar-refractivity contribution >= 4 is 11.8 Å². The van der Waals surface area contributed by atoms with E-state index in [1.807, 2.05) is 37.3 Å². The summed E-state index contributed by atoms with van der Waals surface area (Å²) in [7, 11) is 1.47. The van der Waals surface area contributed by atoms with Crippen LogP contribution < -0.4 is 14.2 Å². The number of ketones is 1. The van der Waals surface area contributed by atoms with E-state index < -0.39 is 12.6 Å². The number of carboxylic acid groups (broad SMARTS) is 1. The zero-order valence-electron chi connectivity index (χ0n) is 20.3. The molecule has 0 aliphatic heterocycles. The first-order valence-corrected chi connectivity index (χ1v) is 11.3. The van der Waals surface area contributed by atoms with Crippen LogP contribution in [-0.2, 0) is 16.1 Å². The maximum absolute atomic E-state index is 13.2. The summed E-state index contributed by atoms with van der Waals surface area (Å²) in [5.41, 5.74) is 2.13. The quantitative estimate of drug-likeness (QED) is 0.213. The molecule has 0 fully saturated rings. The summed E-state index contributed by atoms with van der Waals surface area (Å²) in [6.45, 7) is 1.42. The molecule has 3 aromatic carbocycles. The van der Waals surface area contributed by atoms with E-state index in [-0.39, 0.29) is 30.5 Å². The zero-order valence-corrected chi connectivity index (χ0v) is 20.3. The van der Waals surface area contributed by atoms with E-state index >= 15 is 0 Å². The smallest absolute Gasteiger partial charge is 0.341 e. The van der Waals surface area contributed by atoms with Gasteiger partial charge in [0.2, 0.25) is 5.89 Å². The molecule has 4 rings (SSSR count). The lowest BCUT2D eigenvalue weighted by molar-refractivity contribution is -0.139. The summed E-state index contributed by atoms with van der Waals surface area (Å²) >= 11 is 0. The predicted molar refractivity (Wildman–Crippen MR) is 133 cm³/mol. The van der Waals surface area contributed by atoms with Gasteiger partial charge in [0.15, 0.2) is 19.2 Å². The van der Waals surface area contributed by atoms with E-state index in [4.69, 9.17) is 28.5 Å². The van der Waals surface area contributed by atoms with E-state index in [0.29, 0.717) is 34.4 Å². The molecule has 0 unspecified atom stereocenters. The molecule has 0 spiro atoms. The van der Waals surface area contributed by atoms with Crippen LogP contribution in [0.1, 0.15) is 27.4 Å². The number of ether oxygens (including phenoxy) is 4. The summed E-state index contributed by atoms with van der Waals surface area (Å²) in [4.78, 5) is 28.7. The van der Waals surface area contributed by atoms with E-state index in [1.54, 1.807) is 30.3 Å². The molecular weight excluding hydrogens is 478 g/mol. The third kappa shape index (κ3) is 6.53. The SMILES string of the molecule is COCOc1ccc(C(=O)c2ccc(OCc3nc(-c4ccccc4)oc3C)cc2)c(OCC(=O)O)c1. The largest absolute Gasteiger partial charge is 0.487 e. The Balaban J connectivity index is 1.45. The van der Waals surface area contributed by atoms with Gasteiger partial charge in [-0.3, -0.25) is 4.79 Å². The molecule has 0 aliphatic carbocycles. The maximum atomic E-state index is 13.2. The standard InChI is InChI=1S/C28H25NO8/c1-18-24(29-28(37-18)20-6-4-3-5-7-20)15-34-21-10-8-19(9-11-21)27(32)23-13-12-22(36-17-33-2)14-25(23)35-16-26(30)31/h3-14H,15-17H2,1-2H3,(H,30,31). The van der Waals surface area contributed by atoms with Crippen molar-refractivity contribution in [3.63, 3.8) is 0 Å². The third-order valence-corrected chi connectivity index (χ3v) is 5.30. The number of benzene rings is 3. The second kappa shape index (κ2) is 11.9. The molecule has 1 N–H and O–H groups in total. The van der Waals surface area contributed by atoms with Crippen LogP contribution in [-0.4, -0.2) is 42.4 Å². The third-order valence-electron chi connectivity index (χ3n) is 5.30. The van der Waals surface area contributed by atoms with Gasteiger partial charge in [-0.2, -0.15) is 0 Å². The fraction of sp³-hybridized carbons (Fsp3) is 0.179. The number of hydrogen-bond donors (Lipinski definition) is 1. The minimum Gasteiger partial charge on any atom is -0.487 e. The highest BCUT2D eigenvalue weighted by molar-refractivity contribution is 6.10. The molecular formula is C28H25NO8.